The van der Waals surface area contributed by atoms with Gasteiger partial charge in [0.15, 0.2) is 0 Å². The Labute approximate surface area is 295 Å². The van der Waals surface area contributed by atoms with E-state index in [9.17, 15) is 26.4 Å². The van der Waals surface area contributed by atoms with E-state index in [1.807, 2.05) is 16.9 Å². The molecule has 3 aliphatic heterocycles. The number of hydrogen-bond donors (Lipinski definition) is 1. The van der Waals surface area contributed by atoms with E-state index in [4.69, 9.17) is 9.47 Å². The third-order valence-corrected chi connectivity index (χ3v) is 13.0. The van der Waals surface area contributed by atoms with Crippen molar-refractivity contribution in [3.63, 3.8) is 0 Å². The number of benzene rings is 2. The number of rotatable bonds is 7. The monoisotopic (exact) mass is 728 g/mol. The number of piperazine rings is 1. The maximum absolute atomic E-state index is 15.1. The number of alkyl halides is 3. The summed E-state index contributed by atoms with van der Waals surface area (Å²) in [5.74, 6) is -1.25. The number of carbonyl (C=O) groups excluding carboxylic acids is 2. The van der Waals surface area contributed by atoms with Crippen LogP contribution in [0.3, 0.4) is 0 Å². The zero-order valence-electron chi connectivity index (χ0n) is 28.8. The van der Waals surface area contributed by atoms with Gasteiger partial charge in [0.2, 0.25) is 15.9 Å². The largest absolute Gasteiger partial charge is 0.497 e. The Bertz CT molecular complexity index is 1990. The van der Waals surface area contributed by atoms with Crippen LogP contribution in [0.2, 0.25) is 0 Å². The van der Waals surface area contributed by atoms with Gasteiger partial charge in [-0.05, 0) is 73.7 Å². The van der Waals surface area contributed by atoms with Crippen molar-refractivity contribution < 1.29 is 40.7 Å². The van der Waals surface area contributed by atoms with Crippen LogP contribution in [0.4, 0.5) is 13.2 Å². The lowest BCUT2D eigenvalue weighted by molar-refractivity contribution is -0.160. The minimum absolute atomic E-state index is 0.0197. The van der Waals surface area contributed by atoms with Gasteiger partial charge in [-0.2, -0.15) is 13.2 Å². The third kappa shape index (κ3) is 6.10. The Hall–Kier alpha value is -3.62. The van der Waals surface area contributed by atoms with E-state index in [1.165, 1.54) is 0 Å². The Morgan fingerprint density at radius 3 is 2.45 bits per heavy atom. The molecule has 4 fully saturated rings. The van der Waals surface area contributed by atoms with E-state index in [2.05, 4.69) is 33.5 Å². The first kappa shape index (κ1) is 34.5. The second-order valence-corrected chi connectivity index (χ2v) is 17.0. The zero-order valence-corrected chi connectivity index (χ0v) is 29.6. The van der Waals surface area contributed by atoms with Gasteiger partial charge in [0.1, 0.15) is 5.75 Å². The standard InChI is InChI=1S/C37H43F3N4O6S/c1-42-17-24-19-50-20-25(18-42)44(24)35(46)36-16-30(36)29-15-26(49-2)9-11-27(29)33-32(22-6-4-3-5-7-22)28-10-8-23(14-31(28)43(33)21-36)34(45)41-51(47,48)13-12-37(38,39)40/h8-11,14-15,22,24-25,30H,3-7,12-13,16-21H2,1-2H3,(H,41,45)/t24-,25?,30?,36?/m0/s1. The molecule has 2 saturated heterocycles. The molecule has 2 aromatic carbocycles. The molecule has 5 aliphatic rings. The Morgan fingerprint density at radius 2 is 1.76 bits per heavy atom. The van der Waals surface area contributed by atoms with E-state index in [1.54, 1.807) is 19.2 Å². The molecule has 2 saturated carbocycles. The number of sulfonamides is 1. The highest BCUT2D eigenvalue weighted by atomic mass is 32.2. The summed E-state index contributed by atoms with van der Waals surface area (Å²) in [4.78, 5) is 32.8. The van der Waals surface area contributed by atoms with Crippen molar-refractivity contribution in [2.75, 3.05) is 46.2 Å². The SMILES string of the molecule is COc1ccc2c(c1)C1CC1(C(=O)N1C3COC[C@@H]1CN(C)C3)Cn1c-2c(C2CCCCC2)c2ccc(C(=O)NS(=O)(=O)CCC(F)(F)F)cc21. The first-order valence-corrected chi connectivity index (χ1v) is 19.5. The molecule has 51 heavy (non-hydrogen) atoms. The maximum atomic E-state index is 15.1. The van der Waals surface area contributed by atoms with Crippen LogP contribution in [-0.4, -0.2) is 99.1 Å². The van der Waals surface area contributed by atoms with Gasteiger partial charge < -0.3 is 23.8 Å². The summed E-state index contributed by atoms with van der Waals surface area (Å²) in [5, 5.41) is 0.932. The molecule has 10 nitrogen and oxygen atoms in total. The van der Waals surface area contributed by atoms with Crippen LogP contribution >= 0.6 is 0 Å². The van der Waals surface area contributed by atoms with Crippen molar-refractivity contribution in [3.05, 3.63) is 53.1 Å². The van der Waals surface area contributed by atoms with Crippen LogP contribution in [0, 0.1) is 5.41 Å². The second-order valence-electron chi connectivity index (χ2n) is 15.2. The lowest BCUT2D eigenvalue weighted by Gasteiger charge is -2.50. The first-order chi connectivity index (χ1) is 24.3. The number of ether oxygens (including phenoxy) is 2. The average Bonchev–Trinajstić information content (AvgIpc) is 3.76. The predicted molar refractivity (Wildman–Crippen MR) is 184 cm³/mol. The van der Waals surface area contributed by atoms with Gasteiger partial charge in [0.25, 0.3) is 5.91 Å². The van der Waals surface area contributed by atoms with E-state index in [-0.39, 0.29) is 35.4 Å². The van der Waals surface area contributed by atoms with Crippen molar-refractivity contribution in [2.24, 2.45) is 5.41 Å². The molecular weight excluding hydrogens is 685 g/mol. The summed E-state index contributed by atoms with van der Waals surface area (Å²) in [7, 11) is -0.843. The molecule has 1 N–H and O–H groups in total. The van der Waals surface area contributed by atoms with Crippen molar-refractivity contribution in [1.29, 1.82) is 0 Å². The van der Waals surface area contributed by atoms with Crippen molar-refractivity contribution in [2.45, 2.75) is 81.6 Å². The highest BCUT2D eigenvalue weighted by Gasteiger charge is 2.65. The van der Waals surface area contributed by atoms with Gasteiger partial charge >= 0.3 is 6.18 Å². The molecule has 0 spiro atoms. The van der Waals surface area contributed by atoms with E-state index >= 15 is 4.79 Å². The lowest BCUT2D eigenvalue weighted by atomic mass is 9.81. The number of fused-ring (bicyclic) bond motifs is 9. The highest BCUT2D eigenvalue weighted by Crippen LogP contribution is 2.66. The molecule has 2 amide bonds. The highest BCUT2D eigenvalue weighted by molar-refractivity contribution is 7.90. The Balaban J connectivity index is 1.27. The fourth-order valence-corrected chi connectivity index (χ4v) is 10.4. The molecule has 8 rings (SSSR count). The molecule has 274 valence electrons. The molecule has 0 radical (unpaired) electrons. The molecule has 3 aromatic rings. The number of likely N-dealkylation sites (N-methyl/N-ethyl adjacent to an activating group) is 1. The Kier molecular flexibility index (Phi) is 8.45. The quantitative estimate of drug-likeness (QED) is 0.347. The minimum Gasteiger partial charge on any atom is -0.497 e. The van der Waals surface area contributed by atoms with Crippen LogP contribution in [0.1, 0.15) is 78.3 Å². The van der Waals surface area contributed by atoms with Crippen molar-refractivity contribution in [1.82, 2.24) is 19.1 Å². The van der Waals surface area contributed by atoms with Gasteiger partial charge in [-0.3, -0.25) is 9.59 Å². The summed E-state index contributed by atoms with van der Waals surface area (Å²) >= 11 is 0. The van der Waals surface area contributed by atoms with Gasteiger partial charge in [-0.15, -0.1) is 0 Å². The summed E-state index contributed by atoms with van der Waals surface area (Å²) in [6.07, 6.45) is -0.279. The van der Waals surface area contributed by atoms with Gasteiger partial charge in [-0.1, -0.05) is 25.3 Å². The predicted octanol–water partition coefficient (Wildman–Crippen LogP) is 5.41. The lowest BCUT2D eigenvalue weighted by Crippen LogP contribution is -2.66. The summed E-state index contributed by atoms with van der Waals surface area (Å²) in [5.41, 5.74) is 4.21. The summed E-state index contributed by atoms with van der Waals surface area (Å²) < 4.78 is 79.1. The molecule has 4 atom stereocenters. The molecule has 2 aliphatic carbocycles. The van der Waals surface area contributed by atoms with Crippen LogP contribution in [0.5, 0.6) is 5.75 Å². The number of carbonyl (C=O) groups is 2. The fraction of sp³-hybridized carbons (Fsp3) is 0.568. The fourth-order valence-electron chi connectivity index (χ4n) is 9.39. The smallest absolute Gasteiger partial charge is 0.390 e. The number of aromatic nitrogens is 1. The first-order valence-electron chi connectivity index (χ1n) is 17.8. The van der Waals surface area contributed by atoms with Gasteiger partial charge in [0, 0.05) is 47.6 Å². The molecule has 3 unspecified atom stereocenters. The van der Waals surface area contributed by atoms with Gasteiger partial charge in [0.05, 0.1) is 55.7 Å². The number of amides is 2. The van der Waals surface area contributed by atoms with Crippen molar-refractivity contribution in [3.8, 4) is 17.0 Å². The number of hydrogen-bond acceptors (Lipinski definition) is 7. The number of nitrogens with one attached hydrogen (secondary N) is 1. The molecule has 14 heteroatoms. The second kappa shape index (κ2) is 12.5. The summed E-state index contributed by atoms with van der Waals surface area (Å²) in [6.45, 7) is 2.77. The van der Waals surface area contributed by atoms with Crippen LogP contribution in [0.25, 0.3) is 22.2 Å². The zero-order chi connectivity index (χ0) is 35.9. The minimum atomic E-state index is -4.68. The van der Waals surface area contributed by atoms with Crippen molar-refractivity contribution >= 4 is 32.7 Å². The van der Waals surface area contributed by atoms with Gasteiger partial charge in [-0.25, -0.2) is 13.1 Å². The molecule has 2 bridgehead atoms. The van der Waals surface area contributed by atoms with E-state index in [0.29, 0.717) is 37.4 Å². The number of methoxy groups -OCH3 is 1. The van der Waals surface area contributed by atoms with Crippen LogP contribution < -0.4 is 9.46 Å². The third-order valence-electron chi connectivity index (χ3n) is 11.8. The number of halogens is 3. The average molecular weight is 729 g/mol. The summed E-state index contributed by atoms with van der Waals surface area (Å²) in [6, 6.07) is 11.0. The number of morpholine rings is 1. The van der Waals surface area contributed by atoms with Crippen LogP contribution in [-0.2, 0) is 26.1 Å². The molecular formula is C37H43F3N4O6S. The van der Waals surface area contributed by atoms with Crippen LogP contribution in [0.15, 0.2) is 36.4 Å². The Morgan fingerprint density at radius 1 is 1.04 bits per heavy atom. The topological polar surface area (TPSA) is 110 Å². The van der Waals surface area contributed by atoms with E-state index in [0.717, 1.165) is 73.0 Å². The van der Waals surface area contributed by atoms with E-state index < -0.39 is 39.7 Å². The maximum Gasteiger partial charge on any atom is 0.390 e. The number of nitrogens with zero attached hydrogens (tertiary/aromatic N) is 3. The molecule has 4 heterocycles. The normalized spacial score (nSPS) is 26.5. The molecule has 1 aromatic heterocycles.